The molecule has 1 amide bonds. The number of hydrogen-bond donors (Lipinski definition) is 1. The molecule has 6 nitrogen and oxygen atoms in total. The Morgan fingerprint density at radius 3 is 2.58 bits per heavy atom. The van der Waals surface area contributed by atoms with Gasteiger partial charge in [0.1, 0.15) is 0 Å². The Hall–Kier alpha value is -2.28. The molecule has 1 atom stereocenters. The number of aromatic nitrogens is 1. The molecule has 0 aliphatic carbocycles. The summed E-state index contributed by atoms with van der Waals surface area (Å²) in [4.78, 5) is 23.8. The molecule has 0 radical (unpaired) electrons. The van der Waals surface area contributed by atoms with E-state index in [1.54, 1.807) is 24.2 Å². The van der Waals surface area contributed by atoms with Crippen LogP contribution in [0, 0.1) is 6.92 Å². The van der Waals surface area contributed by atoms with Gasteiger partial charge >= 0.3 is 4.87 Å². The zero-order valence-corrected chi connectivity index (χ0v) is 15.1. The highest BCUT2D eigenvalue weighted by atomic mass is 32.1. The van der Waals surface area contributed by atoms with Crippen LogP contribution in [-0.4, -0.2) is 24.7 Å². The Morgan fingerprint density at radius 1 is 1.29 bits per heavy atom. The van der Waals surface area contributed by atoms with Gasteiger partial charge in [0.25, 0.3) is 0 Å². The number of aryl methyl sites for hydroxylation is 1. The van der Waals surface area contributed by atoms with Crippen LogP contribution < -0.4 is 19.7 Å². The molecule has 2 rings (SSSR count). The van der Waals surface area contributed by atoms with E-state index >= 15 is 0 Å². The Morgan fingerprint density at radius 2 is 2.00 bits per heavy atom. The molecule has 1 N–H and O–H groups in total. The molecule has 2 aromatic rings. The van der Waals surface area contributed by atoms with Crippen molar-refractivity contribution in [2.75, 3.05) is 14.2 Å². The molecule has 0 fully saturated rings. The molecule has 130 valence electrons. The standard InChI is InChI=1S/C17H22N2O4S/c1-11-10-24-17(21)19(11)8-7-16(20)18-12(2)13-5-6-14(22-3)15(9-13)23-4/h5-6,9-10,12H,7-8H2,1-4H3,(H,18,20). The summed E-state index contributed by atoms with van der Waals surface area (Å²) < 4.78 is 12.1. The van der Waals surface area contributed by atoms with Crippen LogP contribution in [0.25, 0.3) is 0 Å². The van der Waals surface area contributed by atoms with E-state index in [-0.39, 0.29) is 23.2 Å². The quantitative estimate of drug-likeness (QED) is 0.833. The average Bonchev–Trinajstić information content (AvgIpc) is 2.90. The second-order valence-electron chi connectivity index (χ2n) is 5.45. The van der Waals surface area contributed by atoms with E-state index < -0.39 is 0 Å². The molecule has 0 aliphatic heterocycles. The lowest BCUT2D eigenvalue weighted by Gasteiger charge is -2.16. The highest BCUT2D eigenvalue weighted by Crippen LogP contribution is 2.29. The Balaban J connectivity index is 1.97. The summed E-state index contributed by atoms with van der Waals surface area (Å²) in [6.07, 6.45) is 0.259. The summed E-state index contributed by atoms with van der Waals surface area (Å²) in [5.41, 5.74) is 1.80. The first-order valence-corrected chi connectivity index (χ1v) is 8.50. The van der Waals surface area contributed by atoms with E-state index in [0.29, 0.717) is 18.0 Å². The molecule has 24 heavy (non-hydrogen) atoms. The maximum atomic E-state index is 12.1. The average molecular weight is 350 g/mol. The van der Waals surface area contributed by atoms with Gasteiger partial charge in [-0.3, -0.25) is 9.59 Å². The summed E-state index contributed by atoms with van der Waals surface area (Å²) in [6, 6.07) is 5.37. The number of nitrogens with one attached hydrogen (secondary N) is 1. The first-order valence-electron chi connectivity index (χ1n) is 7.62. The fourth-order valence-corrected chi connectivity index (χ4v) is 3.17. The van der Waals surface area contributed by atoms with Crippen molar-refractivity contribution < 1.29 is 14.3 Å². The Bertz CT molecular complexity index is 766. The van der Waals surface area contributed by atoms with Crippen LogP contribution in [0.2, 0.25) is 0 Å². The zero-order chi connectivity index (χ0) is 17.7. The third kappa shape index (κ3) is 4.17. The fourth-order valence-electron chi connectivity index (χ4n) is 2.41. The first kappa shape index (κ1) is 18.1. The smallest absolute Gasteiger partial charge is 0.307 e. The van der Waals surface area contributed by atoms with E-state index in [1.807, 2.05) is 32.0 Å². The van der Waals surface area contributed by atoms with Crippen molar-refractivity contribution in [3.63, 3.8) is 0 Å². The van der Waals surface area contributed by atoms with Crippen LogP contribution in [0.1, 0.15) is 30.6 Å². The van der Waals surface area contributed by atoms with E-state index in [4.69, 9.17) is 9.47 Å². The molecule has 1 aromatic heterocycles. The molecule has 0 aliphatic rings. The minimum absolute atomic E-state index is 0.0340. The van der Waals surface area contributed by atoms with Gasteiger partial charge in [-0.05, 0) is 31.5 Å². The predicted molar refractivity (Wildman–Crippen MR) is 94.0 cm³/mol. The van der Waals surface area contributed by atoms with Crippen LogP contribution in [0.3, 0.4) is 0 Å². The number of hydrogen-bond acceptors (Lipinski definition) is 5. The molecule has 0 bridgehead atoms. The predicted octanol–water partition coefficient (Wildman–Crippen LogP) is 2.50. The molecular formula is C17H22N2O4S. The summed E-state index contributed by atoms with van der Waals surface area (Å²) in [6.45, 7) is 4.15. The summed E-state index contributed by atoms with van der Waals surface area (Å²) in [7, 11) is 3.16. The number of ether oxygens (including phenoxy) is 2. The van der Waals surface area contributed by atoms with Gasteiger partial charge in [0, 0.05) is 24.0 Å². The SMILES string of the molecule is COc1ccc(C(C)NC(=O)CCn2c(C)csc2=O)cc1OC. The van der Waals surface area contributed by atoms with Crippen molar-refractivity contribution >= 4 is 17.2 Å². The van der Waals surface area contributed by atoms with Gasteiger partial charge in [-0.15, -0.1) is 0 Å². The van der Waals surface area contributed by atoms with Gasteiger partial charge in [0.2, 0.25) is 5.91 Å². The van der Waals surface area contributed by atoms with Gasteiger partial charge in [-0.25, -0.2) is 0 Å². The second-order valence-corrected chi connectivity index (χ2v) is 6.27. The van der Waals surface area contributed by atoms with E-state index in [1.165, 1.54) is 0 Å². The van der Waals surface area contributed by atoms with Gasteiger partial charge in [0.15, 0.2) is 11.5 Å². The van der Waals surface area contributed by atoms with Crippen LogP contribution in [0.4, 0.5) is 0 Å². The minimum atomic E-state index is -0.169. The van der Waals surface area contributed by atoms with Crippen LogP contribution in [0.15, 0.2) is 28.4 Å². The lowest BCUT2D eigenvalue weighted by Crippen LogP contribution is -2.28. The zero-order valence-electron chi connectivity index (χ0n) is 14.3. The maximum Gasteiger partial charge on any atom is 0.307 e. The Labute approximate surface area is 145 Å². The number of methoxy groups -OCH3 is 2. The second kappa shape index (κ2) is 8.01. The minimum Gasteiger partial charge on any atom is -0.493 e. The van der Waals surface area contributed by atoms with Crippen molar-refractivity contribution in [1.82, 2.24) is 9.88 Å². The topological polar surface area (TPSA) is 69.6 Å². The number of carbonyl (C=O) groups excluding carboxylic acids is 1. The van der Waals surface area contributed by atoms with Crippen molar-refractivity contribution in [1.29, 1.82) is 0 Å². The maximum absolute atomic E-state index is 12.1. The highest BCUT2D eigenvalue weighted by molar-refractivity contribution is 7.07. The molecule has 0 saturated heterocycles. The molecule has 1 heterocycles. The van der Waals surface area contributed by atoms with Gasteiger partial charge in [0.05, 0.1) is 20.3 Å². The molecule has 0 saturated carbocycles. The number of benzene rings is 1. The van der Waals surface area contributed by atoms with Crippen molar-refractivity contribution in [2.45, 2.75) is 32.9 Å². The lowest BCUT2D eigenvalue weighted by molar-refractivity contribution is -0.121. The largest absolute Gasteiger partial charge is 0.493 e. The van der Waals surface area contributed by atoms with Crippen molar-refractivity contribution in [3.05, 3.63) is 44.5 Å². The number of nitrogens with zero attached hydrogens (tertiary/aromatic N) is 1. The van der Waals surface area contributed by atoms with E-state index in [9.17, 15) is 9.59 Å². The molecular weight excluding hydrogens is 328 g/mol. The summed E-state index contributed by atoms with van der Waals surface area (Å²) in [5.74, 6) is 1.17. The summed E-state index contributed by atoms with van der Waals surface area (Å²) in [5, 5.41) is 4.74. The normalized spacial score (nSPS) is 11.8. The van der Waals surface area contributed by atoms with Crippen molar-refractivity contribution in [3.8, 4) is 11.5 Å². The molecule has 0 spiro atoms. The number of amides is 1. The number of rotatable bonds is 7. The lowest BCUT2D eigenvalue weighted by atomic mass is 10.1. The Kier molecular flexibility index (Phi) is 6.03. The highest BCUT2D eigenvalue weighted by Gasteiger charge is 2.13. The van der Waals surface area contributed by atoms with Gasteiger partial charge in [-0.1, -0.05) is 17.4 Å². The summed E-state index contributed by atoms with van der Waals surface area (Å²) >= 11 is 1.15. The third-order valence-electron chi connectivity index (χ3n) is 3.82. The van der Waals surface area contributed by atoms with Crippen LogP contribution in [-0.2, 0) is 11.3 Å². The van der Waals surface area contributed by atoms with Crippen LogP contribution in [0.5, 0.6) is 11.5 Å². The van der Waals surface area contributed by atoms with Gasteiger partial charge < -0.3 is 19.4 Å². The first-order chi connectivity index (χ1) is 11.5. The van der Waals surface area contributed by atoms with Crippen LogP contribution >= 0.6 is 11.3 Å². The van der Waals surface area contributed by atoms with Gasteiger partial charge in [-0.2, -0.15) is 0 Å². The molecule has 1 aromatic carbocycles. The van der Waals surface area contributed by atoms with E-state index in [0.717, 1.165) is 22.6 Å². The molecule has 1 unspecified atom stereocenters. The van der Waals surface area contributed by atoms with E-state index in [2.05, 4.69) is 5.32 Å². The van der Waals surface area contributed by atoms with Crippen molar-refractivity contribution in [2.24, 2.45) is 0 Å². The number of carbonyl (C=O) groups is 1. The monoisotopic (exact) mass is 350 g/mol. The number of thiazole rings is 1. The fraction of sp³-hybridized carbons (Fsp3) is 0.412. The third-order valence-corrected chi connectivity index (χ3v) is 4.70. The molecule has 7 heteroatoms.